The number of piperidine rings is 1. The molecule has 2 aromatic carbocycles. The van der Waals surface area contributed by atoms with Crippen molar-refractivity contribution in [1.29, 1.82) is 0 Å². The second-order valence-corrected chi connectivity index (χ2v) is 9.35. The Morgan fingerprint density at radius 3 is 2.81 bits per heavy atom. The van der Waals surface area contributed by atoms with Gasteiger partial charge in [0.25, 0.3) is 0 Å². The van der Waals surface area contributed by atoms with Crippen molar-refractivity contribution in [3.05, 3.63) is 54.7 Å². The summed E-state index contributed by atoms with van der Waals surface area (Å²) >= 11 is 1.41. The van der Waals surface area contributed by atoms with Gasteiger partial charge in [0, 0.05) is 30.4 Å². The minimum absolute atomic E-state index is 0.148. The van der Waals surface area contributed by atoms with Gasteiger partial charge in [-0.15, -0.1) is 0 Å². The number of carbonyl (C=O) groups is 1. The van der Waals surface area contributed by atoms with E-state index < -0.39 is 10.0 Å². The number of hydrogen-bond donors (Lipinski definition) is 1. The van der Waals surface area contributed by atoms with Crippen molar-refractivity contribution >= 4 is 43.2 Å². The third-order valence-corrected chi connectivity index (χ3v) is 7.41. The standard InChI is InChI=1S/C19H19N3O3S2/c23-19(21-16-8-9-18-15(11-16)12-20-26-18)14-5-4-10-22(13-14)27(24,25)17-6-2-1-3-7-17/h1-3,6-9,11-12,14H,4-5,10,13H2,(H,21,23)/t14-/m0/s1. The number of rotatable bonds is 4. The molecule has 1 atom stereocenters. The first-order chi connectivity index (χ1) is 13.0. The molecule has 3 aromatic rings. The van der Waals surface area contributed by atoms with E-state index in [1.807, 2.05) is 18.2 Å². The Hall–Kier alpha value is -2.29. The van der Waals surface area contributed by atoms with Gasteiger partial charge in [-0.1, -0.05) is 18.2 Å². The van der Waals surface area contributed by atoms with Gasteiger partial charge >= 0.3 is 0 Å². The molecule has 1 aliphatic rings. The fraction of sp³-hybridized carbons (Fsp3) is 0.263. The molecule has 8 heteroatoms. The largest absolute Gasteiger partial charge is 0.326 e. The third-order valence-electron chi connectivity index (χ3n) is 4.76. The molecular weight excluding hydrogens is 382 g/mol. The van der Waals surface area contributed by atoms with E-state index in [0.717, 1.165) is 10.1 Å². The Balaban J connectivity index is 1.48. The number of anilines is 1. The quantitative estimate of drug-likeness (QED) is 0.727. The van der Waals surface area contributed by atoms with Crippen molar-refractivity contribution in [2.45, 2.75) is 17.7 Å². The van der Waals surface area contributed by atoms with Crippen LogP contribution in [0.3, 0.4) is 0 Å². The highest BCUT2D eigenvalue weighted by Gasteiger charge is 2.33. The lowest BCUT2D eigenvalue weighted by atomic mass is 9.98. The Morgan fingerprint density at radius 2 is 2.00 bits per heavy atom. The van der Waals surface area contributed by atoms with Gasteiger partial charge in [-0.05, 0) is 54.7 Å². The lowest BCUT2D eigenvalue weighted by Crippen LogP contribution is -2.43. The zero-order chi connectivity index (χ0) is 18.9. The fourth-order valence-electron chi connectivity index (χ4n) is 3.31. The van der Waals surface area contributed by atoms with Crippen LogP contribution in [0.1, 0.15) is 12.8 Å². The molecule has 0 saturated carbocycles. The van der Waals surface area contributed by atoms with Gasteiger partial charge in [-0.3, -0.25) is 4.79 Å². The van der Waals surface area contributed by atoms with Crippen molar-refractivity contribution in [2.75, 3.05) is 18.4 Å². The van der Waals surface area contributed by atoms with Crippen LogP contribution < -0.4 is 5.32 Å². The lowest BCUT2D eigenvalue weighted by molar-refractivity contribution is -0.120. The van der Waals surface area contributed by atoms with Gasteiger partial charge in [0.15, 0.2) is 0 Å². The summed E-state index contributed by atoms with van der Waals surface area (Å²) in [6.07, 6.45) is 3.11. The molecule has 2 heterocycles. The molecule has 0 unspecified atom stereocenters. The van der Waals surface area contributed by atoms with Gasteiger partial charge in [0.2, 0.25) is 15.9 Å². The summed E-state index contributed by atoms with van der Waals surface area (Å²) in [6, 6.07) is 14.0. The molecule has 1 fully saturated rings. The van der Waals surface area contributed by atoms with E-state index >= 15 is 0 Å². The van der Waals surface area contributed by atoms with E-state index in [1.54, 1.807) is 36.5 Å². The van der Waals surface area contributed by atoms with Crippen LogP contribution >= 0.6 is 11.5 Å². The number of aromatic nitrogens is 1. The van der Waals surface area contributed by atoms with Crippen LogP contribution in [0.25, 0.3) is 10.1 Å². The monoisotopic (exact) mass is 401 g/mol. The highest BCUT2D eigenvalue weighted by molar-refractivity contribution is 7.89. The van der Waals surface area contributed by atoms with E-state index in [0.29, 0.717) is 25.1 Å². The number of hydrogen-bond acceptors (Lipinski definition) is 5. The summed E-state index contributed by atoms with van der Waals surface area (Å²) in [4.78, 5) is 13.0. The Labute approximate surface area is 162 Å². The number of nitrogens with zero attached hydrogens (tertiary/aromatic N) is 2. The summed E-state index contributed by atoms with van der Waals surface area (Å²) in [6.45, 7) is 0.638. The normalized spacial score (nSPS) is 18.4. The molecule has 0 spiro atoms. The van der Waals surface area contributed by atoms with E-state index in [9.17, 15) is 13.2 Å². The van der Waals surface area contributed by atoms with Crippen molar-refractivity contribution in [1.82, 2.24) is 8.68 Å². The molecular formula is C19H19N3O3S2. The summed E-state index contributed by atoms with van der Waals surface area (Å²) in [5, 5.41) is 3.90. The van der Waals surface area contributed by atoms with Crippen molar-refractivity contribution in [2.24, 2.45) is 5.92 Å². The summed E-state index contributed by atoms with van der Waals surface area (Å²) in [5.74, 6) is -0.515. The average molecular weight is 402 g/mol. The molecule has 4 rings (SSSR count). The summed E-state index contributed by atoms with van der Waals surface area (Å²) < 4.78 is 32.3. The van der Waals surface area contributed by atoms with Gasteiger partial charge in [-0.25, -0.2) is 8.42 Å². The first-order valence-corrected chi connectivity index (χ1v) is 11.0. The van der Waals surface area contributed by atoms with Gasteiger partial charge in [0.05, 0.1) is 15.5 Å². The number of fused-ring (bicyclic) bond motifs is 1. The topological polar surface area (TPSA) is 79.4 Å². The Bertz CT molecular complexity index is 1060. The molecule has 0 aliphatic carbocycles. The minimum Gasteiger partial charge on any atom is -0.326 e. The molecule has 0 radical (unpaired) electrons. The molecule has 1 aliphatic heterocycles. The lowest BCUT2D eigenvalue weighted by Gasteiger charge is -2.31. The van der Waals surface area contributed by atoms with Crippen LogP contribution in [-0.2, 0) is 14.8 Å². The maximum Gasteiger partial charge on any atom is 0.243 e. The molecule has 27 heavy (non-hydrogen) atoms. The van der Waals surface area contributed by atoms with E-state index in [2.05, 4.69) is 9.69 Å². The highest BCUT2D eigenvalue weighted by atomic mass is 32.2. The smallest absolute Gasteiger partial charge is 0.243 e. The summed E-state index contributed by atoms with van der Waals surface area (Å²) in [7, 11) is -3.58. The maximum atomic E-state index is 12.8. The fourth-order valence-corrected chi connectivity index (χ4v) is 5.48. The number of carbonyl (C=O) groups excluding carboxylic acids is 1. The molecule has 0 bridgehead atoms. The molecule has 1 saturated heterocycles. The van der Waals surface area contributed by atoms with Crippen molar-refractivity contribution in [3.8, 4) is 0 Å². The minimum atomic E-state index is -3.58. The van der Waals surface area contributed by atoms with Gasteiger partial charge in [-0.2, -0.15) is 8.68 Å². The van der Waals surface area contributed by atoms with Crippen molar-refractivity contribution < 1.29 is 13.2 Å². The number of amides is 1. The zero-order valence-corrected chi connectivity index (χ0v) is 16.2. The predicted octanol–water partition coefficient (Wildman–Crippen LogP) is 3.34. The van der Waals surface area contributed by atoms with Crippen LogP contribution in [-0.4, -0.2) is 36.1 Å². The third kappa shape index (κ3) is 3.73. The van der Waals surface area contributed by atoms with Crippen molar-refractivity contribution in [3.63, 3.8) is 0 Å². The van der Waals surface area contributed by atoms with Crippen LogP contribution in [0.4, 0.5) is 5.69 Å². The maximum absolute atomic E-state index is 12.8. The number of sulfonamides is 1. The second kappa shape index (κ2) is 7.38. The SMILES string of the molecule is O=C(Nc1ccc2sncc2c1)[C@H]1CCCN(S(=O)(=O)c2ccccc2)C1. The van der Waals surface area contributed by atoms with E-state index in [4.69, 9.17) is 0 Å². The van der Waals surface area contributed by atoms with E-state index in [1.165, 1.54) is 15.8 Å². The molecule has 1 aromatic heterocycles. The zero-order valence-electron chi connectivity index (χ0n) is 14.5. The molecule has 140 valence electrons. The average Bonchev–Trinajstić information content (AvgIpc) is 3.16. The number of nitrogens with one attached hydrogen (secondary N) is 1. The molecule has 1 N–H and O–H groups in total. The van der Waals surface area contributed by atoms with Crippen LogP contribution in [0.5, 0.6) is 0 Å². The molecule has 6 nitrogen and oxygen atoms in total. The van der Waals surface area contributed by atoms with Gasteiger partial charge in [0.1, 0.15) is 0 Å². The van der Waals surface area contributed by atoms with Crippen LogP contribution in [0.15, 0.2) is 59.6 Å². The number of benzene rings is 2. The Morgan fingerprint density at radius 1 is 1.19 bits per heavy atom. The van der Waals surface area contributed by atoms with E-state index in [-0.39, 0.29) is 23.3 Å². The van der Waals surface area contributed by atoms with Crippen LogP contribution in [0.2, 0.25) is 0 Å². The molecule has 1 amide bonds. The first-order valence-electron chi connectivity index (χ1n) is 8.74. The van der Waals surface area contributed by atoms with Gasteiger partial charge < -0.3 is 5.32 Å². The van der Waals surface area contributed by atoms with Crippen LogP contribution in [0, 0.1) is 5.92 Å². The first kappa shape index (κ1) is 18.1. The highest BCUT2D eigenvalue weighted by Crippen LogP contribution is 2.26. The second-order valence-electron chi connectivity index (χ2n) is 6.58. The predicted molar refractivity (Wildman–Crippen MR) is 106 cm³/mol. The summed E-state index contributed by atoms with van der Waals surface area (Å²) in [5.41, 5.74) is 0.704. The Kier molecular flexibility index (Phi) is 4.94.